The van der Waals surface area contributed by atoms with Crippen LogP contribution in [0.2, 0.25) is 0 Å². The van der Waals surface area contributed by atoms with Crippen LogP contribution in [0, 0.1) is 11.3 Å². The Labute approximate surface area is 76.6 Å². The van der Waals surface area contributed by atoms with E-state index < -0.39 is 17.3 Å². The predicted octanol–water partition coefficient (Wildman–Crippen LogP) is 1.27. The van der Waals surface area contributed by atoms with Gasteiger partial charge in [-0.05, 0) is 19.4 Å². The quantitative estimate of drug-likeness (QED) is 0.709. The molecule has 2 atom stereocenters. The second kappa shape index (κ2) is 2.89. The third-order valence-electron chi connectivity index (χ3n) is 3.44. The van der Waals surface area contributed by atoms with E-state index in [2.05, 4.69) is 5.32 Å². The molecule has 2 fully saturated rings. The van der Waals surface area contributed by atoms with Gasteiger partial charge in [0.2, 0.25) is 0 Å². The maximum atomic E-state index is 13.4. The van der Waals surface area contributed by atoms with Gasteiger partial charge in [-0.3, -0.25) is 0 Å². The summed E-state index contributed by atoms with van der Waals surface area (Å²) >= 11 is 0. The largest absolute Gasteiger partial charge is 0.384 e. The minimum Gasteiger partial charge on any atom is -0.384 e. The van der Waals surface area contributed by atoms with Crippen LogP contribution in [-0.4, -0.2) is 32.7 Å². The van der Waals surface area contributed by atoms with E-state index in [-0.39, 0.29) is 6.61 Å². The molecule has 1 saturated heterocycles. The average molecular weight is 191 g/mol. The number of methoxy groups -OCH3 is 1. The maximum Gasteiger partial charge on any atom is 0.261 e. The highest BCUT2D eigenvalue weighted by Gasteiger charge is 2.79. The van der Waals surface area contributed by atoms with E-state index in [4.69, 9.17) is 4.74 Å². The highest BCUT2D eigenvalue weighted by atomic mass is 19.3. The van der Waals surface area contributed by atoms with Crippen molar-refractivity contribution in [3.05, 3.63) is 0 Å². The first-order valence-corrected chi connectivity index (χ1v) is 4.72. The minimum absolute atomic E-state index is 0.189. The van der Waals surface area contributed by atoms with E-state index in [0.717, 1.165) is 13.0 Å². The molecular weight excluding hydrogens is 176 g/mol. The topological polar surface area (TPSA) is 21.3 Å². The third kappa shape index (κ3) is 1.12. The van der Waals surface area contributed by atoms with Crippen molar-refractivity contribution in [3.63, 3.8) is 0 Å². The minimum atomic E-state index is -2.50. The Morgan fingerprint density at radius 2 is 2.31 bits per heavy atom. The van der Waals surface area contributed by atoms with Crippen molar-refractivity contribution in [2.45, 2.75) is 18.8 Å². The van der Waals surface area contributed by atoms with Gasteiger partial charge in [0.15, 0.2) is 0 Å². The zero-order valence-electron chi connectivity index (χ0n) is 7.78. The van der Waals surface area contributed by atoms with Crippen LogP contribution >= 0.6 is 0 Å². The average Bonchev–Trinajstić information content (AvgIpc) is 2.54. The van der Waals surface area contributed by atoms with Gasteiger partial charge < -0.3 is 10.1 Å². The number of alkyl halides is 2. The summed E-state index contributed by atoms with van der Waals surface area (Å²) in [5.74, 6) is -3.06. The fourth-order valence-electron chi connectivity index (χ4n) is 2.53. The Kier molecular flexibility index (Phi) is 2.07. The molecule has 2 nitrogen and oxygen atoms in total. The Hall–Kier alpha value is -0.220. The van der Waals surface area contributed by atoms with Crippen LogP contribution in [0.3, 0.4) is 0 Å². The van der Waals surface area contributed by atoms with Crippen LogP contribution in [-0.2, 0) is 4.74 Å². The van der Waals surface area contributed by atoms with E-state index >= 15 is 0 Å². The van der Waals surface area contributed by atoms with Crippen molar-refractivity contribution in [2.24, 2.45) is 11.3 Å². The van der Waals surface area contributed by atoms with Crippen LogP contribution < -0.4 is 5.32 Å². The summed E-state index contributed by atoms with van der Waals surface area (Å²) in [6, 6.07) is 0. The molecule has 0 aromatic carbocycles. The van der Waals surface area contributed by atoms with E-state index in [1.165, 1.54) is 7.11 Å². The molecule has 0 amide bonds. The van der Waals surface area contributed by atoms with Crippen LogP contribution in [0.25, 0.3) is 0 Å². The highest BCUT2D eigenvalue weighted by molar-refractivity contribution is 5.19. The van der Waals surface area contributed by atoms with Gasteiger partial charge in [-0.15, -0.1) is 0 Å². The Balaban J connectivity index is 2.06. The lowest BCUT2D eigenvalue weighted by atomic mass is 9.93. The molecule has 76 valence electrons. The summed E-state index contributed by atoms with van der Waals surface area (Å²) in [5.41, 5.74) is -0.777. The molecule has 1 spiro atoms. The molecule has 0 bridgehead atoms. The summed E-state index contributed by atoms with van der Waals surface area (Å²) in [6.45, 7) is 1.51. The molecule has 1 saturated carbocycles. The number of piperidine rings is 1. The molecule has 1 aliphatic carbocycles. The van der Waals surface area contributed by atoms with E-state index in [0.29, 0.717) is 13.0 Å². The molecule has 1 N–H and O–H groups in total. The molecule has 1 aliphatic heterocycles. The fraction of sp³-hybridized carbons (Fsp3) is 1.00. The van der Waals surface area contributed by atoms with Gasteiger partial charge >= 0.3 is 0 Å². The molecule has 2 unspecified atom stereocenters. The van der Waals surface area contributed by atoms with E-state index in [1.807, 2.05) is 0 Å². The first-order valence-electron chi connectivity index (χ1n) is 4.72. The van der Waals surface area contributed by atoms with Gasteiger partial charge in [-0.1, -0.05) is 0 Å². The van der Waals surface area contributed by atoms with Gasteiger partial charge in [-0.2, -0.15) is 0 Å². The normalized spacial score (nSPS) is 42.2. The van der Waals surface area contributed by atoms with Gasteiger partial charge in [0, 0.05) is 13.7 Å². The lowest BCUT2D eigenvalue weighted by molar-refractivity contribution is 0.0415. The number of nitrogens with one attached hydrogen (secondary N) is 1. The summed E-state index contributed by atoms with van der Waals surface area (Å²) in [6.07, 6.45) is 1.50. The first kappa shape index (κ1) is 9.34. The molecule has 2 rings (SSSR count). The number of ether oxygens (including phenoxy) is 1. The summed E-state index contributed by atoms with van der Waals surface area (Å²) in [4.78, 5) is 0. The molecule has 2 aliphatic rings. The second-order valence-corrected chi connectivity index (χ2v) is 4.07. The highest BCUT2D eigenvalue weighted by Crippen LogP contribution is 2.68. The fourth-order valence-corrected chi connectivity index (χ4v) is 2.53. The van der Waals surface area contributed by atoms with Crippen LogP contribution in [0.1, 0.15) is 12.8 Å². The summed E-state index contributed by atoms with van der Waals surface area (Å²) in [7, 11) is 1.48. The maximum absolute atomic E-state index is 13.4. The van der Waals surface area contributed by atoms with E-state index in [9.17, 15) is 8.78 Å². The number of halogens is 2. The predicted molar refractivity (Wildman–Crippen MR) is 44.8 cm³/mol. The second-order valence-electron chi connectivity index (χ2n) is 4.07. The molecule has 4 heteroatoms. The van der Waals surface area contributed by atoms with Gasteiger partial charge in [-0.25, -0.2) is 8.78 Å². The number of rotatable bonds is 2. The lowest BCUT2D eigenvalue weighted by Gasteiger charge is -2.22. The van der Waals surface area contributed by atoms with Crippen LogP contribution in [0.4, 0.5) is 8.78 Å². The molecule has 0 aromatic heterocycles. The molecule has 0 radical (unpaired) electrons. The monoisotopic (exact) mass is 191 g/mol. The smallest absolute Gasteiger partial charge is 0.261 e. The zero-order valence-corrected chi connectivity index (χ0v) is 7.78. The molecular formula is C9H15F2NO. The van der Waals surface area contributed by atoms with Crippen molar-refractivity contribution >= 4 is 0 Å². The Morgan fingerprint density at radius 3 is 2.85 bits per heavy atom. The molecule has 1 heterocycles. The number of hydrogen-bond donors (Lipinski definition) is 1. The lowest BCUT2D eigenvalue weighted by Crippen LogP contribution is -2.35. The van der Waals surface area contributed by atoms with Gasteiger partial charge in [0.1, 0.15) is 0 Å². The Bertz CT molecular complexity index is 202. The first-order chi connectivity index (χ1) is 6.15. The third-order valence-corrected chi connectivity index (χ3v) is 3.44. The standard InChI is InChI=1S/C9H15F2NO/c1-13-5-7-8(9(7,10)11)3-2-4-12-6-8/h7,12H,2-6H2,1H3. The van der Waals surface area contributed by atoms with Gasteiger partial charge in [0.25, 0.3) is 5.92 Å². The van der Waals surface area contributed by atoms with Gasteiger partial charge in [0.05, 0.1) is 17.9 Å². The zero-order chi connectivity index (χ0) is 9.53. The summed E-state index contributed by atoms with van der Waals surface area (Å²) < 4.78 is 31.6. The van der Waals surface area contributed by atoms with Crippen molar-refractivity contribution < 1.29 is 13.5 Å². The Morgan fingerprint density at radius 1 is 1.54 bits per heavy atom. The van der Waals surface area contributed by atoms with Crippen molar-refractivity contribution in [2.75, 3.05) is 26.8 Å². The van der Waals surface area contributed by atoms with Crippen molar-refractivity contribution in [1.29, 1.82) is 0 Å². The van der Waals surface area contributed by atoms with Crippen molar-refractivity contribution in [3.8, 4) is 0 Å². The molecule has 0 aromatic rings. The van der Waals surface area contributed by atoms with Crippen LogP contribution in [0.5, 0.6) is 0 Å². The SMILES string of the molecule is COCC1C(F)(F)C12CCCNC2. The number of hydrogen-bond acceptors (Lipinski definition) is 2. The summed E-state index contributed by atoms with van der Waals surface area (Å²) in [5, 5.41) is 3.05. The van der Waals surface area contributed by atoms with E-state index in [1.54, 1.807) is 0 Å². The van der Waals surface area contributed by atoms with Crippen molar-refractivity contribution in [1.82, 2.24) is 5.32 Å². The van der Waals surface area contributed by atoms with Crippen LogP contribution in [0.15, 0.2) is 0 Å². The molecule has 13 heavy (non-hydrogen) atoms.